The molecule has 1 aliphatic rings. The number of rotatable bonds is 7. The van der Waals surface area contributed by atoms with E-state index in [1.807, 2.05) is 0 Å². The Morgan fingerprint density at radius 2 is 2.12 bits per heavy atom. The third-order valence-electron chi connectivity index (χ3n) is 4.02. The molecule has 0 atom stereocenters. The van der Waals surface area contributed by atoms with Gasteiger partial charge in [0, 0.05) is 24.0 Å². The Morgan fingerprint density at radius 3 is 2.80 bits per heavy atom. The molecule has 1 heterocycles. The topological polar surface area (TPSA) is 80.4 Å². The van der Waals surface area contributed by atoms with Crippen molar-refractivity contribution in [1.29, 1.82) is 0 Å². The number of carbonyl (C=O) groups is 1. The summed E-state index contributed by atoms with van der Waals surface area (Å²) in [5.41, 5.74) is 0.0344. The van der Waals surface area contributed by atoms with Crippen LogP contribution in [0.2, 0.25) is 5.15 Å². The molecule has 132 valence electrons. The van der Waals surface area contributed by atoms with Crippen LogP contribution in [0.25, 0.3) is 0 Å². The highest BCUT2D eigenvalue weighted by atomic mass is 35.5. The second kappa shape index (κ2) is 7.61. The number of pyridine rings is 1. The van der Waals surface area contributed by atoms with Crippen molar-refractivity contribution >= 4 is 23.2 Å². The monoisotopic (exact) mass is 362 g/mol. The molecule has 7 heteroatoms. The molecule has 2 aromatic rings. The maximum absolute atomic E-state index is 12.2. The highest BCUT2D eigenvalue weighted by Crippen LogP contribution is 2.34. The lowest BCUT2D eigenvalue weighted by Gasteiger charge is -2.12. The Morgan fingerprint density at radius 1 is 1.32 bits per heavy atom. The van der Waals surface area contributed by atoms with E-state index in [1.165, 1.54) is 19.0 Å². The van der Waals surface area contributed by atoms with Crippen molar-refractivity contribution in [3.63, 3.8) is 0 Å². The van der Waals surface area contributed by atoms with Gasteiger partial charge in [-0.25, -0.2) is 0 Å². The first kappa shape index (κ1) is 17.4. The Balaban J connectivity index is 1.69. The first-order valence-corrected chi connectivity index (χ1v) is 8.45. The summed E-state index contributed by atoms with van der Waals surface area (Å²) in [5.74, 6) is 1.42. The van der Waals surface area contributed by atoms with Crippen LogP contribution in [0.1, 0.15) is 29.6 Å². The molecule has 0 spiro atoms. The quantitative estimate of drug-likeness (QED) is 0.739. The van der Waals surface area contributed by atoms with Gasteiger partial charge in [-0.2, -0.15) is 0 Å². The van der Waals surface area contributed by atoms with Gasteiger partial charge in [-0.05, 0) is 24.5 Å². The van der Waals surface area contributed by atoms with Crippen LogP contribution in [0.4, 0.5) is 5.69 Å². The molecule has 0 saturated heterocycles. The predicted molar refractivity (Wildman–Crippen MR) is 95.9 cm³/mol. The number of ether oxygens (including phenoxy) is 2. The second-order valence-electron chi connectivity index (χ2n) is 5.96. The molecule has 25 heavy (non-hydrogen) atoms. The van der Waals surface area contributed by atoms with Gasteiger partial charge in [-0.3, -0.25) is 9.59 Å². The van der Waals surface area contributed by atoms with Gasteiger partial charge >= 0.3 is 0 Å². The summed E-state index contributed by atoms with van der Waals surface area (Å²) in [6.45, 7) is 0.646. The maximum Gasteiger partial charge on any atom is 0.261 e. The number of hydrogen-bond donors (Lipinski definition) is 2. The van der Waals surface area contributed by atoms with Gasteiger partial charge in [-0.1, -0.05) is 24.4 Å². The number of H-pyrrole nitrogens is 1. The maximum atomic E-state index is 12.2. The van der Waals surface area contributed by atoms with Crippen molar-refractivity contribution in [2.45, 2.75) is 19.3 Å². The molecule has 1 amide bonds. The molecule has 2 N–H and O–H groups in total. The lowest BCUT2D eigenvalue weighted by Crippen LogP contribution is -2.21. The van der Waals surface area contributed by atoms with E-state index in [4.69, 9.17) is 21.1 Å². The number of methoxy groups -OCH3 is 1. The Hall–Kier alpha value is -2.47. The third-order valence-corrected chi connectivity index (χ3v) is 4.24. The van der Waals surface area contributed by atoms with Gasteiger partial charge in [0.15, 0.2) is 16.9 Å². The van der Waals surface area contributed by atoms with Crippen LogP contribution in [0.3, 0.4) is 0 Å². The molecular formula is C18H19ClN2O4. The Labute approximate surface area is 150 Å². The molecule has 3 rings (SSSR count). The van der Waals surface area contributed by atoms with Crippen molar-refractivity contribution < 1.29 is 14.3 Å². The van der Waals surface area contributed by atoms with Gasteiger partial charge in [-0.15, -0.1) is 0 Å². The molecule has 0 aliphatic heterocycles. The number of aromatic nitrogens is 1. The lowest BCUT2D eigenvalue weighted by atomic mass is 10.2. The highest BCUT2D eigenvalue weighted by Gasteiger charge is 2.21. The highest BCUT2D eigenvalue weighted by molar-refractivity contribution is 6.29. The fourth-order valence-electron chi connectivity index (χ4n) is 2.43. The van der Waals surface area contributed by atoms with Crippen LogP contribution in [0.5, 0.6) is 11.5 Å². The zero-order valence-corrected chi connectivity index (χ0v) is 14.6. The summed E-state index contributed by atoms with van der Waals surface area (Å²) >= 11 is 5.69. The van der Waals surface area contributed by atoms with Crippen LogP contribution < -0.4 is 20.2 Å². The van der Waals surface area contributed by atoms with Gasteiger partial charge in [0.1, 0.15) is 10.7 Å². The number of benzene rings is 1. The number of hydrogen-bond acceptors (Lipinski definition) is 4. The molecular weight excluding hydrogens is 344 g/mol. The van der Waals surface area contributed by atoms with Crippen LogP contribution >= 0.6 is 11.6 Å². The Bertz CT molecular complexity index is 830. The largest absolute Gasteiger partial charge is 0.493 e. The van der Waals surface area contributed by atoms with Crippen LogP contribution in [-0.2, 0) is 0 Å². The molecule has 1 saturated carbocycles. The van der Waals surface area contributed by atoms with Crippen LogP contribution in [-0.4, -0.2) is 24.6 Å². The van der Waals surface area contributed by atoms with Gasteiger partial charge in [0.2, 0.25) is 0 Å². The minimum atomic E-state index is -0.526. The molecule has 1 aromatic heterocycles. The van der Waals surface area contributed by atoms with Crippen molar-refractivity contribution in [3.8, 4) is 11.5 Å². The summed E-state index contributed by atoms with van der Waals surface area (Å²) in [6, 6.07) is 6.27. The van der Waals surface area contributed by atoms with Gasteiger partial charge in [0.05, 0.1) is 13.7 Å². The van der Waals surface area contributed by atoms with E-state index < -0.39 is 11.3 Å². The second-order valence-corrected chi connectivity index (χ2v) is 6.37. The molecule has 1 fully saturated rings. The number of anilines is 1. The van der Waals surface area contributed by atoms with Crippen molar-refractivity contribution in [2.75, 3.05) is 19.0 Å². The van der Waals surface area contributed by atoms with Crippen molar-refractivity contribution in [2.24, 2.45) is 5.92 Å². The molecule has 1 aromatic carbocycles. The SMILES string of the molecule is COc1cc(NC(=O)c2c[nH]c(Cl)cc2=O)ccc1OCCC1CC1. The van der Waals surface area contributed by atoms with E-state index in [1.54, 1.807) is 25.3 Å². The van der Waals surface area contributed by atoms with Gasteiger partial charge < -0.3 is 19.8 Å². The summed E-state index contributed by atoms with van der Waals surface area (Å²) in [4.78, 5) is 26.7. The average molecular weight is 363 g/mol. The average Bonchev–Trinajstić information content (AvgIpc) is 3.40. The Kier molecular flexibility index (Phi) is 5.28. The summed E-state index contributed by atoms with van der Waals surface area (Å²) in [7, 11) is 1.54. The van der Waals surface area contributed by atoms with E-state index in [0.29, 0.717) is 23.8 Å². The van der Waals surface area contributed by atoms with E-state index in [9.17, 15) is 9.59 Å². The molecule has 0 radical (unpaired) electrons. The van der Waals surface area contributed by atoms with Crippen LogP contribution in [0, 0.1) is 5.92 Å². The van der Waals surface area contributed by atoms with E-state index >= 15 is 0 Å². The molecule has 0 unspecified atom stereocenters. The zero-order valence-electron chi connectivity index (χ0n) is 13.8. The predicted octanol–water partition coefficient (Wildman–Crippen LogP) is 3.47. The molecule has 1 aliphatic carbocycles. The fourth-order valence-corrected chi connectivity index (χ4v) is 2.58. The zero-order chi connectivity index (χ0) is 17.8. The van der Waals surface area contributed by atoms with Crippen molar-refractivity contribution in [3.05, 3.63) is 51.4 Å². The first-order chi connectivity index (χ1) is 12.1. The number of halogens is 1. The number of nitrogens with one attached hydrogen (secondary N) is 2. The summed E-state index contributed by atoms with van der Waals surface area (Å²) < 4.78 is 11.1. The van der Waals surface area contributed by atoms with E-state index in [0.717, 1.165) is 18.4 Å². The fraction of sp³-hybridized carbons (Fsp3) is 0.333. The number of amides is 1. The smallest absolute Gasteiger partial charge is 0.261 e. The molecule has 0 bridgehead atoms. The first-order valence-electron chi connectivity index (χ1n) is 8.07. The number of aromatic amines is 1. The van der Waals surface area contributed by atoms with E-state index in [-0.39, 0.29) is 10.7 Å². The third kappa shape index (κ3) is 4.54. The normalized spacial score (nSPS) is 13.4. The summed E-state index contributed by atoms with van der Waals surface area (Å²) in [5, 5.41) is 2.84. The van der Waals surface area contributed by atoms with Crippen molar-refractivity contribution in [1.82, 2.24) is 4.98 Å². The van der Waals surface area contributed by atoms with E-state index in [2.05, 4.69) is 10.3 Å². The van der Waals surface area contributed by atoms with Gasteiger partial charge in [0.25, 0.3) is 5.91 Å². The number of carbonyl (C=O) groups excluding carboxylic acids is 1. The lowest BCUT2D eigenvalue weighted by molar-refractivity contribution is 0.102. The summed E-state index contributed by atoms with van der Waals surface area (Å²) in [6.07, 6.45) is 4.90. The standard InChI is InChI=1S/C18H19ClN2O4/c1-24-16-8-12(4-5-15(16)25-7-6-11-2-3-11)21-18(23)13-10-20-17(19)9-14(13)22/h4-5,8-11H,2-3,6-7H2,1H3,(H,20,22)(H,21,23). The molecule has 6 nitrogen and oxygen atoms in total. The van der Waals surface area contributed by atoms with Crippen LogP contribution in [0.15, 0.2) is 35.3 Å². The minimum absolute atomic E-state index is 0.0203. The minimum Gasteiger partial charge on any atom is -0.493 e.